The molecule has 5 nitrogen and oxygen atoms in total. The summed E-state index contributed by atoms with van der Waals surface area (Å²) in [5, 5.41) is 15.1. The Morgan fingerprint density at radius 3 is 2.71 bits per heavy atom. The standard InChI is InChI=1S/C16H22N2O3/c19-15(13-9-5-2-6-10-17-13)18-14(16(20)21)11-12-7-3-1-4-8-12/h1,3-4,7-8,13-14,17H,2,5-6,9-11H2,(H,18,19)(H,20,21)/t13?,14-/m0/s1. The Bertz CT molecular complexity index is 468. The van der Waals surface area contributed by atoms with Crippen molar-refractivity contribution in [3.8, 4) is 0 Å². The van der Waals surface area contributed by atoms with Crippen molar-refractivity contribution in [1.82, 2.24) is 10.6 Å². The Morgan fingerprint density at radius 2 is 2.00 bits per heavy atom. The van der Waals surface area contributed by atoms with Crippen molar-refractivity contribution in [2.75, 3.05) is 6.54 Å². The lowest BCUT2D eigenvalue weighted by atomic mass is 10.0. The monoisotopic (exact) mass is 290 g/mol. The van der Waals surface area contributed by atoms with Crippen molar-refractivity contribution in [3.63, 3.8) is 0 Å². The maximum Gasteiger partial charge on any atom is 0.326 e. The number of hydrogen-bond donors (Lipinski definition) is 3. The van der Waals surface area contributed by atoms with Gasteiger partial charge in [0.1, 0.15) is 6.04 Å². The van der Waals surface area contributed by atoms with Gasteiger partial charge in [0.2, 0.25) is 5.91 Å². The molecule has 0 bridgehead atoms. The first kappa shape index (κ1) is 15.5. The molecule has 2 rings (SSSR count). The first-order valence-electron chi connectivity index (χ1n) is 7.47. The molecule has 1 unspecified atom stereocenters. The first-order valence-corrected chi connectivity index (χ1v) is 7.47. The van der Waals surface area contributed by atoms with E-state index in [2.05, 4.69) is 10.6 Å². The predicted molar refractivity (Wildman–Crippen MR) is 80.0 cm³/mol. The van der Waals surface area contributed by atoms with Gasteiger partial charge in [-0.25, -0.2) is 4.79 Å². The number of aliphatic carboxylic acids is 1. The largest absolute Gasteiger partial charge is 0.480 e. The second-order valence-corrected chi connectivity index (χ2v) is 5.45. The molecule has 3 N–H and O–H groups in total. The van der Waals surface area contributed by atoms with E-state index in [1.165, 1.54) is 0 Å². The molecule has 1 aliphatic rings. The van der Waals surface area contributed by atoms with Crippen LogP contribution in [0.1, 0.15) is 31.2 Å². The number of nitrogens with one attached hydrogen (secondary N) is 2. The van der Waals surface area contributed by atoms with Crippen molar-refractivity contribution in [3.05, 3.63) is 35.9 Å². The molecule has 2 atom stereocenters. The van der Waals surface area contributed by atoms with Crippen LogP contribution in [0.25, 0.3) is 0 Å². The second-order valence-electron chi connectivity index (χ2n) is 5.45. The lowest BCUT2D eigenvalue weighted by Crippen LogP contribution is -2.50. The van der Waals surface area contributed by atoms with Gasteiger partial charge in [-0.2, -0.15) is 0 Å². The smallest absolute Gasteiger partial charge is 0.326 e. The van der Waals surface area contributed by atoms with Crippen LogP contribution in [-0.2, 0) is 16.0 Å². The fourth-order valence-corrected chi connectivity index (χ4v) is 2.57. The van der Waals surface area contributed by atoms with Crippen LogP contribution in [0.2, 0.25) is 0 Å². The molecule has 1 amide bonds. The van der Waals surface area contributed by atoms with Crippen molar-refractivity contribution < 1.29 is 14.7 Å². The zero-order valence-corrected chi connectivity index (χ0v) is 12.0. The normalized spacial score (nSPS) is 20.3. The van der Waals surface area contributed by atoms with E-state index in [1.54, 1.807) is 0 Å². The van der Waals surface area contributed by atoms with E-state index in [1.807, 2.05) is 30.3 Å². The van der Waals surface area contributed by atoms with E-state index in [4.69, 9.17) is 0 Å². The van der Waals surface area contributed by atoms with Gasteiger partial charge in [-0.1, -0.05) is 43.2 Å². The van der Waals surface area contributed by atoms with Crippen molar-refractivity contribution in [2.45, 2.75) is 44.2 Å². The summed E-state index contributed by atoms with van der Waals surface area (Å²) in [6, 6.07) is 8.19. The summed E-state index contributed by atoms with van der Waals surface area (Å²) in [6.45, 7) is 0.814. The lowest BCUT2D eigenvalue weighted by Gasteiger charge is -2.20. The molecule has 0 saturated carbocycles. The molecule has 0 aromatic heterocycles. The molecule has 0 aliphatic carbocycles. The minimum atomic E-state index is -0.999. The average Bonchev–Trinajstić information content (AvgIpc) is 2.76. The first-order chi connectivity index (χ1) is 10.2. The van der Waals surface area contributed by atoms with Crippen LogP contribution in [-0.4, -0.2) is 35.6 Å². The molecule has 1 aromatic rings. The summed E-state index contributed by atoms with van der Waals surface area (Å²) >= 11 is 0. The molecule has 1 fully saturated rings. The third-order valence-corrected chi connectivity index (χ3v) is 3.77. The maximum absolute atomic E-state index is 12.2. The Morgan fingerprint density at radius 1 is 1.24 bits per heavy atom. The fraction of sp³-hybridized carbons (Fsp3) is 0.500. The number of carbonyl (C=O) groups excluding carboxylic acids is 1. The zero-order chi connectivity index (χ0) is 15.1. The number of amides is 1. The van der Waals surface area contributed by atoms with E-state index < -0.39 is 12.0 Å². The van der Waals surface area contributed by atoms with Gasteiger partial charge in [0.05, 0.1) is 6.04 Å². The Labute approximate surface area is 124 Å². The molecule has 1 aromatic carbocycles. The summed E-state index contributed by atoms with van der Waals surface area (Å²) < 4.78 is 0. The van der Waals surface area contributed by atoms with E-state index in [0.29, 0.717) is 6.42 Å². The number of carboxylic acid groups (broad SMARTS) is 1. The molecule has 1 aliphatic heterocycles. The number of carbonyl (C=O) groups is 2. The van der Waals surface area contributed by atoms with Crippen LogP contribution in [0.4, 0.5) is 0 Å². The van der Waals surface area contributed by atoms with E-state index >= 15 is 0 Å². The molecule has 114 valence electrons. The molecule has 0 radical (unpaired) electrons. The summed E-state index contributed by atoms with van der Waals surface area (Å²) in [7, 11) is 0. The van der Waals surface area contributed by atoms with Crippen LogP contribution >= 0.6 is 0 Å². The fourth-order valence-electron chi connectivity index (χ4n) is 2.57. The van der Waals surface area contributed by atoms with E-state index in [-0.39, 0.29) is 11.9 Å². The molecule has 0 spiro atoms. The molecular weight excluding hydrogens is 268 g/mol. The Kier molecular flexibility index (Phi) is 5.75. The van der Waals surface area contributed by atoms with Crippen molar-refractivity contribution >= 4 is 11.9 Å². The van der Waals surface area contributed by atoms with Gasteiger partial charge in [-0.3, -0.25) is 4.79 Å². The van der Waals surface area contributed by atoms with Gasteiger partial charge >= 0.3 is 5.97 Å². The summed E-state index contributed by atoms with van der Waals surface area (Å²) in [6.07, 6.45) is 4.25. The van der Waals surface area contributed by atoms with Crippen molar-refractivity contribution in [2.24, 2.45) is 0 Å². The topological polar surface area (TPSA) is 78.4 Å². The van der Waals surface area contributed by atoms with Crippen LogP contribution in [0.3, 0.4) is 0 Å². The van der Waals surface area contributed by atoms with Gasteiger partial charge in [0, 0.05) is 6.42 Å². The van der Waals surface area contributed by atoms with E-state index in [0.717, 1.165) is 37.8 Å². The highest BCUT2D eigenvalue weighted by atomic mass is 16.4. The van der Waals surface area contributed by atoms with Crippen LogP contribution in [0, 0.1) is 0 Å². The molecule has 1 heterocycles. The maximum atomic E-state index is 12.2. The van der Waals surface area contributed by atoms with Crippen LogP contribution in [0.5, 0.6) is 0 Å². The minimum Gasteiger partial charge on any atom is -0.480 e. The highest BCUT2D eigenvalue weighted by molar-refractivity contribution is 5.87. The second kappa shape index (κ2) is 7.78. The summed E-state index contributed by atoms with van der Waals surface area (Å²) in [4.78, 5) is 23.6. The molecule has 5 heteroatoms. The third kappa shape index (κ3) is 4.86. The van der Waals surface area contributed by atoms with Gasteiger partial charge in [0.25, 0.3) is 0 Å². The highest BCUT2D eigenvalue weighted by Crippen LogP contribution is 2.09. The summed E-state index contributed by atoms with van der Waals surface area (Å²) in [5.74, 6) is -1.21. The SMILES string of the molecule is O=C(N[C@@H](Cc1ccccc1)C(=O)O)C1CCCCCN1. The highest BCUT2D eigenvalue weighted by Gasteiger charge is 2.25. The number of benzene rings is 1. The van der Waals surface area contributed by atoms with Crippen LogP contribution < -0.4 is 10.6 Å². The predicted octanol–water partition coefficient (Wildman–Crippen LogP) is 1.33. The zero-order valence-electron chi connectivity index (χ0n) is 12.0. The van der Waals surface area contributed by atoms with Gasteiger partial charge in [-0.05, 0) is 24.9 Å². The Hall–Kier alpha value is -1.88. The minimum absolute atomic E-state index is 0.208. The van der Waals surface area contributed by atoms with E-state index in [9.17, 15) is 14.7 Å². The number of rotatable bonds is 5. The van der Waals surface area contributed by atoms with Crippen LogP contribution in [0.15, 0.2) is 30.3 Å². The lowest BCUT2D eigenvalue weighted by molar-refractivity contribution is -0.142. The molecule has 21 heavy (non-hydrogen) atoms. The number of carboxylic acids is 1. The third-order valence-electron chi connectivity index (χ3n) is 3.77. The molecular formula is C16H22N2O3. The van der Waals surface area contributed by atoms with Gasteiger partial charge in [0.15, 0.2) is 0 Å². The van der Waals surface area contributed by atoms with Crippen molar-refractivity contribution in [1.29, 1.82) is 0 Å². The Balaban J connectivity index is 1.95. The number of hydrogen-bond acceptors (Lipinski definition) is 3. The van der Waals surface area contributed by atoms with Gasteiger partial charge in [-0.15, -0.1) is 0 Å². The average molecular weight is 290 g/mol. The summed E-state index contributed by atoms with van der Waals surface area (Å²) in [5.41, 5.74) is 0.902. The quantitative estimate of drug-likeness (QED) is 0.764. The van der Waals surface area contributed by atoms with Gasteiger partial charge < -0.3 is 15.7 Å². The molecule has 1 saturated heterocycles.